The number of fused-ring (bicyclic) bond motifs is 1. The first-order valence-electron chi connectivity index (χ1n) is 9.17. The molecule has 0 bridgehead atoms. The van der Waals surface area contributed by atoms with Crippen molar-refractivity contribution in [3.05, 3.63) is 72.3 Å². The molecule has 0 aliphatic heterocycles. The molecule has 0 N–H and O–H groups in total. The molecule has 2 nitrogen and oxygen atoms in total. The van der Waals surface area contributed by atoms with Crippen molar-refractivity contribution in [3.8, 4) is 5.75 Å². The Hall–Kier alpha value is -2.48. The Labute approximate surface area is 151 Å². The summed E-state index contributed by atoms with van der Waals surface area (Å²) < 4.78 is 5.30. The number of nitrogens with zero attached hydrogens (tertiary/aromatic N) is 1. The van der Waals surface area contributed by atoms with E-state index in [0.717, 1.165) is 18.8 Å². The average Bonchev–Trinajstić information content (AvgIpc) is 2.67. The van der Waals surface area contributed by atoms with Crippen molar-refractivity contribution >= 4 is 16.5 Å². The van der Waals surface area contributed by atoms with Crippen molar-refractivity contribution in [2.45, 2.75) is 32.7 Å². The van der Waals surface area contributed by atoms with Crippen molar-refractivity contribution in [2.24, 2.45) is 0 Å². The van der Waals surface area contributed by atoms with Crippen LogP contribution in [0.1, 0.15) is 31.7 Å². The van der Waals surface area contributed by atoms with Gasteiger partial charge in [-0.05, 0) is 47.0 Å². The van der Waals surface area contributed by atoms with Gasteiger partial charge >= 0.3 is 0 Å². The van der Waals surface area contributed by atoms with E-state index in [4.69, 9.17) is 4.74 Å². The Morgan fingerprint density at radius 2 is 1.60 bits per heavy atom. The maximum atomic E-state index is 5.30. The molecule has 3 rings (SSSR count). The molecule has 0 saturated heterocycles. The average molecular weight is 333 g/mol. The Morgan fingerprint density at radius 3 is 2.36 bits per heavy atom. The Morgan fingerprint density at radius 1 is 0.840 bits per heavy atom. The zero-order valence-electron chi connectivity index (χ0n) is 15.2. The van der Waals surface area contributed by atoms with Gasteiger partial charge in [-0.15, -0.1) is 0 Å². The van der Waals surface area contributed by atoms with Crippen LogP contribution in [0.4, 0.5) is 5.69 Å². The number of hydrogen-bond acceptors (Lipinski definition) is 2. The van der Waals surface area contributed by atoms with Crippen LogP contribution in [0.3, 0.4) is 0 Å². The van der Waals surface area contributed by atoms with Gasteiger partial charge in [0.1, 0.15) is 5.75 Å². The Kier molecular flexibility index (Phi) is 5.95. The predicted molar refractivity (Wildman–Crippen MR) is 108 cm³/mol. The maximum Gasteiger partial charge on any atom is 0.119 e. The minimum Gasteiger partial charge on any atom is -0.497 e. The lowest BCUT2D eigenvalue weighted by Gasteiger charge is -2.26. The third kappa shape index (κ3) is 4.33. The highest BCUT2D eigenvalue weighted by molar-refractivity contribution is 5.85. The second-order valence-corrected chi connectivity index (χ2v) is 6.46. The first-order chi connectivity index (χ1) is 12.3. The van der Waals surface area contributed by atoms with Crippen LogP contribution in [0.15, 0.2) is 66.7 Å². The maximum absolute atomic E-state index is 5.30. The molecule has 0 amide bonds. The molecule has 0 aromatic heterocycles. The van der Waals surface area contributed by atoms with Gasteiger partial charge < -0.3 is 9.64 Å². The summed E-state index contributed by atoms with van der Waals surface area (Å²) in [7, 11) is 1.71. The zero-order valence-corrected chi connectivity index (χ0v) is 15.2. The second-order valence-electron chi connectivity index (χ2n) is 6.46. The number of ether oxygens (including phenoxy) is 1. The van der Waals surface area contributed by atoms with Gasteiger partial charge in [-0.3, -0.25) is 0 Å². The van der Waals surface area contributed by atoms with Crippen LogP contribution >= 0.6 is 0 Å². The Balaban J connectivity index is 1.87. The third-order valence-corrected chi connectivity index (χ3v) is 4.71. The van der Waals surface area contributed by atoms with Crippen LogP contribution in [0, 0.1) is 0 Å². The van der Waals surface area contributed by atoms with Crippen LogP contribution in [0.2, 0.25) is 0 Å². The molecular formula is C23H27NO. The normalized spacial score (nSPS) is 10.8. The number of methoxy groups -OCH3 is 1. The van der Waals surface area contributed by atoms with E-state index in [2.05, 4.69) is 66.4 Å². The fourth-order valence-electron chi connectivity index (χ4n) is 3.28. The summed E-state index contributed by atoms with van der Waals surface area (Å²) >= 11 is 0. The lowest BCUT2D eigenvalue weighted by atomic mass is 10.0. The SMILES string of the molecule is CCCCCN(Cc1cccc2ccccc12)c1ccc(OC)cc1. The van der Waals surface area contributed by atoms with Gasteiger partial charge in [-0.1, -0.05) is 62.2 Å². The van der Waals surface area contributed by atoms with Crippen molar-refractivity contribution in [2.75, 3.05) is 18.6 Å². The fraction of sp³-hybridized carbons (Fsp3) is 0.304. The molecule has 0 unspecified atom stereocenters. The smallest absolute Gasteiger partial charge is 0.119 e. The van der Waals surface area contributed by atoms with E-state index in [0.29, 0.717) is 0 Å². The molecule has 3 aromatic rings. The second kappa shape index (κ2) is 8.57. The van der Waals surface area contributed by atoms with Crippen LogP contribution in [-0.4, -0.2) is 13.7 Å². The van der Waals surface area contributed by atoms with Crippen LogP contribution < -0.4 is 9.64 Å². The minimum atomic E-state index is 0.905. The van der Waals surface area contributed by atoms with E-state index >= 15 is 0 Å². The predicted octanol–water partition coefficient (Wildman–Crippen LogP) is 6.05. The topological polar surface area (TPSA) is 12.5 Å². The van der Waals surface area contributed by atoms with Crippen LogP contribution in [0.25, 0.3) is 10.8 Å². The molecule has 0 radical (unpaired) electrons. The first-order valence-corrected chi connectivity index (χ1v) is 9.17. The third-order valence-electron chi connectivity index (χ3n) is 4.71. The van der Waals surface area contributed by atoms with Crippen molar-refractivity contribution < 1.29 is 4.74 Å². The van der Waals surface area contributed by atoms with Gasteiger partial charge in [-0.25, -0.2) is 0 Å². The lowest BCUT2D eigenvalue weighted by molar-refractivity contribution is 0.415. The number of hydrogen-bond donors (Lipinski definition) is 0. The molecule has 0 aliphatic rings. The quantitative estimate of drug-likeness (QED) is 0.466. The molecule has 0 saturated carbocycles. The van der Waals surface area contributed by atoms with Gasteiger partial charge in [0.05, 0.1) is 7.11 Å². The van der Waals surface area contributed by atoms with Crippen molar-refractivity contribution in [1.29, 1.82) is 0 Å². The molecule has 0 fully saturated rings. The number of unbranched alkanes of at least 4 members (excludes halogenated alkanes) is 2. The van der Waals surface area contributed by atoms with E-state index in [9.17, 15) is 0 Å². The van der Waals surface area contributed by atoms with Gasteiger partial charge in [0, 0.05) is 18.8 Å². The summed E-state index contributed by atoms with van der Waals surface area (Å²) in [5.74, 6) is 0.905. The molecule has 0 spiro atoms. The van der Waals surface area contributed by atoms with Crippen LogP contribution in [0.5, 0.6) is 5.75 Å². The van der Waals surface area contributed by atoms with Crippen LogP contribution in [-0.2, 0) is 6.54 Å². The molecule has 2 heteroatoms. The highest BCUT2D eigenvalue weighted by atomic mass is 16.5. The fourth-order valence-corrected chi connectivity index (χ4v) is 3.28. The molecule has 0 heterocycles. The number of benzene rings is 3. The summed E-state index contributed by atoms with van der Waals surface area (Å²) in [4.78, 5) is 2.48. The summed E-state index contributed by atoms with van der Waals surface area (Å²) in [6.07, 6.45) is 3.72. The van der Waals surface area contributed by atoms with E-state index in [1.54, 1.807) is 7.11 Å². The minimum absolute atomic E-state index is 0.905. The first kappa shape index (κ1) is 17.3. The highest BCUT2D eigenvalue weighted by Gasteiger charge is 2.10. The Bertz CT molecular complexity index is 789. The molecule has 130 valence electrons. The van der Waals surface area contributed by atoms with Gasteiger partial charge in [0.2, 0.25) is 0 Å². The molecule has 0 aliphatic carbocycles. The summed E-state index contributed by atoms with van der Waals surface area (Å²) in [5, 5.41) is 2.65. The summed E-state index contributed by atoms with van der Waals surface area (Å²) in [6.45, 7) is 4.25. The molecule has 0 atom stereocenters. The highest BCUT2D eigenvalue weighted by Crippen LogP contribution is 2.25. The molecule has 25 heavy (non-hydrogen) atoms. The summed E-state index contributed by atoms with van der Waals surface area (Å²) in [6, 6.07) is 23.7. The van der Waals surface area contributed by atoms with E-state index in [1.165, 1.54) is 41.3 Å². The van der Waals surface area contributed by atoms with Gasteiger partial charge in [0.25, 0.3) is 0 Å². The summed E-state index contributed by atoms with van der Waals surface area (Å²) in [5.41, 5.74) is 2.63. The van der Waals surface area contributed by atoms with Crippen molar-refractivity contribution in [1.82, 2.24) is 0 Å². The zero-order chi connectivity index (χ0) is 17.5. The standard InChI is InChI=1S/C23H27NO/c1-3-4-7-17-24(21-13-15-22(25-2)16-14-21)18-20-11-8-10-19-9-5-6-12-23(19)20/h5-6,8-16H,3-4,7,17-18H2,1-2H3. The van der Waals surface area contributed by atoms with Gasteiger partial charge in [-0.2, -0.15) is 0 Å². The van der Waals surface area contributed by atoms with E-state index in [1.807, 2.05) is 12.1 Å². The monoisotopic (exact) mass is 333 g/mol. The lowest BCUT2D eigenvalue weighted by Crippen LogP contribution is -2.24. The largest absolute Gasteiger partial charge is 0.497 e. The van der Waals surface area contributed by atoms with E-state index in [-0.39, 0.29) is 0 Å². The molecule has 3 aromatic carbocycles. The van der Waals surface area contributed by atoms with Gasteiger partial charge in [0.15, 0.2) is 0 Å². The number of rotatable bonds is 8. The molecular weight excluding hydrogens is 306 g/mol. The number of anilines is 1. The van der Waals surface area contributed by atoms with E-state index < -0.39 is 0 Å². The van der Waals surface area contributed by atoms with Crippen molar-refractivity contribution in [3.63, 3.8) is 0 Å².